The van der Waals surface area contributed by atoms with Gasteiger partial charge in [0, 0.05) is 20.1 Å². The first-order valence-electron chi connectivity index (χ1n) is 7.88. The largest absolute Gasteiger partial charge is 0.338 e. The topological polar surface area (TPSA) is 32.3 Å². The Hall–Kier alpha value is -1.58. The van der Waals surface area contributed by atoms with Gasteiger partial charge in [0.05, 0.1) is 0 Å². The lowest BCUT2D eigenvalue weighted by atomic mass is 9.87. The van der Waals surface area contributed by atoms with Crippen molar-refractivity contribution in [1.82, 2.24) is 10.2 Å². The second-order valence-corrected chi connectivity index (χ2v) is 6.01. The highest BCUT2D eigenvalue weighted by atomic mass is 19.1. The van der Waals surface area contributed by atoms with Crippen LogP contribution < -0.4 is 5.32 Å². The normalized spacial score (nSPS) is 15.7. The van der Waals surface area contributed by atoms with Crippen LogP contribution in [0.15, 0.2) is 24.3 Å². The fraction of sp³-hybridized carbons (Fsp3) is 0.588. The van der Waals surface area contributed by atoms with Gasteiger partial charge in [-0.2, -0.15) is 0 Å². The summed E-state index contributed by atoms with van der Waals surface area (Å²) in [7, 11) is 1.74. The third kappa shape index (κ3) is 5.37. The highest BCUT2D eigenvalue weighted by Crippen LogP contribution is 2.25. The Morgan fingerprint density at radius 3 is 2.81 bits per heavy atom. The molecule has 21 heavy (non-hydrogen) atoms. The molecule has 0 heterocycles. The summed E-state index contributed by atoms with van der Waals surface area (Å²) in [4.78, 5) is 13.6. The van der Waals surface area contributed by atoms with Gasteiger partial charge in [0.2, 0.25) is 0 Å². The number of halogens is 1. The van der Waals surface area contributed by atoms with Crippen molar-refractivity contribution >= 4 is 6.03 Å². The molecule has 0 atom stereocenters. The van der Waals surface area contributed by atoms with Crippen molar-refractivity contribution in [2.45, 2.75) is 45.1 Å². The van der Waals surface area contributed by atoms with Gasteiger partial charge in [-0.15, -0.1) is 0 Å². The lowest BCUT2D eigenvalue weighted by molar-refractivity contribution is 0.205. The van der Waals surface area contributed by atoms with Gasteiger partial charge in [-0.05, 0) is 30.0 Å². The number of hydrogen-bond acceptors (Lipinski definition) is 1. The number of carbonyl (C=O) groups is 1. The number of carbonyl (C=O) groups excluding carboxylic acids is 1. The molecular weight excluding hydrogens is 267 g/mol. The predicted octanol–water partition coefficient (Wildman–Crippen LogP) is 3.94. The summed E-state index contributed by atoms with van der Waals surface area (Å²) in [5.74, 6) is 0.506. The van der Waals surface area contributed by atoms with Gasteiger partial charge in [0.15, 0.2) is 0 Å². The summed E-state index contributed by atoms with van der Waals surface area (Å²) < 4.78 is 13.1. The molecule has 0 spiro atoms. The average molecular weight is 292 g/mol. The number of hydrogen-bond donors (Lipinski definition) is 1. The van der Waals surface area contributed by atoms with Crippen LogP contribution in [-0.4, -0.2) is 24.5 Å². The quantitative estimate of drug-likeness (QED) is 0.876. The zero-order chi connectivity index (χ0) is 15.1. The molecular formula is C17H25FN2O. The molecule has 4 heteroatoms. The lowest BCUT2D eigenvalue weighted by Crippen LogP contribution is -2.37. The number of urea groups is 1. The minimum atomic E-state index is -0.265. The van der Waals surface area contributed by atoms with Gasteiger partial charge < -0.3 is 10.2 Å². The standard InChI is InChI=1S/C17H25FN2O/c1-20(13-15-8-5-9-16(18)12-15)17(21)19-11-10-14-6-3-2-4-7-14/h5,8-9,12,14H,2-4,6-7,10-11,13H2,1H3,(H,19,21). The van der Waals surface area contributed by atoms with Crippen LogP contribution in [0.5, 0.6) is 0 Å². The maximum atomic E-state index is 13.1. The van der Waals surface area contributed by atoms with Gasteiger partial charge in [-0.1, -0.05) is 44.2 Å². The molecule has 1 fully saturated rings. The van der Waals surface area contributed by atoms with E-state index in [1.54, 1.807) is 18.0 Å². The summed E-state index contributed by atoms with van der Waals surface area (Å²) in [6.07, 6.45) is 7.69. The van der Waals surface area contributed by atoms with E-state index in [0.717, 1.165) is 24.4 Å². The number of nitrogens with zero attached hydrogens (tertiary/aromatic N) is 1. The van der Waals surface area contributed by atoms with Crippen molar-refractivity contribution in [3.05, 3.63) is 35.6 Å². The third-order valence-corrected chi connectivity index (χ3v) is 4.21. The Bertz CT molecular complexity index is 458. The molecule has 0 unspecified atom stereocenters. The van der Waals surface area contributed by atoms with Gasteiger partial charge >= 0.3 is 6.03 Å². The zero-order valence-corrected chi connectivity index (χ0v) is 12.8. The second-order valence-electron chi connectivity index (χ2n) is 6.01. The summed E-state index contributed by atoms with van der Waals surface area (Å²) in [6.45, 7) is 1.16. The van der Waals surface area contributed by atoms with E-state index in [-0.39, 0.29) is 11.8 Å². The highest BCUT2D eigenvalue weighted by molar-refractivity contribution is 5.73. The van der Waals surface area contributed by atoms with E-state index in [9.17, 15) is 9.18 Å². The Balaban J connectivity index is 1.69. The molecule has 2 amide bonds. The smallest absolute Gasteiger partial charge is 0.317 e. The number of amides is 2. The highest BCUT2D eigenvalue weighted by Gasteiger charge is 2.14. The Morgan fingerprint density at radius 1 is 1.33 bits per heavy atom. The zero-order valence-electron chi connectivity index (χ0n) is 12.8. The second kappa shape index (κ2) is 8.01. The summed E-state index contributed by atoms with van der Waals surface area (Å²) >= 11 is 0. The minimum Gasteiger partial charge on any atom is -0.338 e. The molecule has 0 saturated heterocycles. The monoisotopic (exact) mass is 292 g/mol. The Labute approximate surface area is 126 Å². The SMILES string of the molecule is CN(Cc1cccc(F)c1)C(=O)NCCC1CCCCC1. The van der Waals surface area contributed by atoms with Crippen molar-refractivity contribution in [3.8, 4) is 0 Å². The molecule has 2 rings (SSSR count). The van der Waals surface area contributed by atoms with E-state index in [0.29, 0.717) is 6.54 Å². The van der Waals surface area contributed by atoms with Crippen LogP contribution in [0.25, 0.3) is 0 Å². The molecule has 0 aliphatic heterocycles. The molecule has 1 saturated carbocycles. The first-order valence-corrected chi connectivity index (χ1v) is 7.88. The summed E-state index contributed by atoms with van der Waals surface area (Å²) in [6, 6.07) is 6.28. The molecule has 3 nitrogen and oxygen atoms in total. The maximum Gasteiger partial charge on any atom is 0.317 e. The first-order chi connectivity index (χ1) is 10.1. The molecule has 116 valence electrons. The van der Waals surface area contributed by atoms with Crippen LogP contribution in [0, 0.1) is 11.7 Å². The maximum absolute atomic E-state index is 13.1. The Kier molecular flexibility index (Phi) is 6.03. The number of rotatable bonds is 5. The van der Waals surface area contributed by atoms with E-state index < -0.39 is 0 Å². The summed E-state index contributed by atoms with van der Waals surface area (Å²) in [5, 5.41) is 2.96. The van der Waals surface area contributed by atoms with Crippen LogP contribution in [0.1, 0.15) is 44.1 Å². The minimum absolute atomic E-state index is 0.0879. The van der Waals surface area contributed by atoms with Gasteiger partial charge in [0.1, 0.15) is 5.82 Å². The molecule has 0 aromatic heterocycles. The van der Waals surface area contributed by atoms with Crippen molar-refractivity contribution in [3.63, 3.8) is 0 Å². The van der Waals surface area contributed by atoms with Crippen LogP contribution in [0.3, 0.4) is 0 Å². The van der Waals surface area contributed by atoms with Crippen LogP contribution in [0.2, 0.25) is 0 Å². The van der Waals surface area contributed by atoms with Crippen LogP contribution in [0.4, 0.5) is 9.18 Å². The molecule has 0 bridgehead atoms. The first kappa shape index (κ1) is 15.8. The molecule has 1 aromatic carbocycles. The van der Waals surface area contributed by atoms with E-state index in [1.165, 1.54) is 44.2 Å². The van der Waals surface area contributed by atoms with Crippen molar-refractivity contribution in [1.29, 1.82) is 0 Å². The Morgan fingerprint density at radius 2 is 2.10 bits per heavy atom. The molecule has 0 radical (unpaired) electrons. The number of benzene rings is 1. The van der Waals surface area contributed by atoms with Crippen molar-refractivity contribution < 1.29 is 9.18 Å². The van der Waals surface area contributed by atoms with Crippen LogP contribution in [-0.2, 0) is 6.54 Å². The fourth-order valence-electron chi connectivity index (χ4n) is 2.97. The molecule has 1 N–H and O–H groups in total. The van der Waals surface area contributed by atoms with Crippen molar-refractivity contribution in [2.75, 3.05) is 13.6 Å². The van der Waals surface area contributed by atoms with Gasteiger partial charge in [0.25, 0.3) is 0 Å². The number of nitrogens with one attached hydrogen (secondary N) is 1. The van der Waals surface area contributed by atoms with Crippen LogP contribution >= 0.6 is 0 Å². The van der Waals surface area contributed by atoms with Gasteiger partial charge in [-0.25, -0.2) is 9.18 Å². The predicted molar refractivity (Wildman–Crippen MR) is 82.5 cm³/mol. The average Bonchev–Trinajstić information content (AvgIpc) is 2.48. The third-order valence-electron chi connectivity index (χ3n) is 4.21. The van der Waals surface area contributed by atoms with Gasteiger partial charge in [-0.3, -0.25) is 0 Å². The van der Waals surface area contributed by atoms with E-state index in [2.05, 4.69) is 5.32 Å². The molecule has 1 aromatic rings. The van der Waals surface area contributed by atoms with Crippen molar-refractivity contribution in [2.24, 2.45) is 5.92 Å². The van der Waals surface area contributed by atoms with E-state index >= 15 is 0 Å². The molecule has 1 aliphatic carbocycles. The fourth-order valence-corrected chi connectivity index (χ4v) is 2.97. The lowest BCUT2D eigenvalue weighted by Gasteiger charge is -2.23. The molecule has 1 aliphatic rings. The van der Waals surface area contributed by atoms with E-state index in [1.807, 2.05) is 6.07 Å². The summed E-state index contributed by atoms with van der Waals surface area (Å²) in [5.41, 5.74) is 0.805. The van der Waals surface area contributed by atoms with E-state index in [4.69, 9.17) is 0 Å².